The molecule has 0 fully saturated rings. The van der Waals surface area contributed by atoms with E-state index in [1.807, 2.05) is 6.07 Å². The molecule has 0 saturated carbocycles. The van der Waals surface area contributed by atoms with Crippen LogP contribution in [0.25, 0.3) is 0 Å². The Morgan fingerprint density at radius 3 is 2.45 bits per heavy atom. The number of nitrogens with zero attached hydrogens (tertiary/aromatic N) is 2. The second-order valence-corrected chi connectivity index (χ2v) is 4.93. The van der Waals surface area contributed by atoms with Gasteiger partial charge in [-0.05, 0) is 31.4 Å². The quantitative estimate of drug-likeness (QED) is 0.714. The van der Waals surface area contributed by atoms with Crippen LogP contribution in [0.1, 0.15) is 37.1 Å². The van der Waals surface area contributed by atoms with E-state index in [0.29, 0.717) is 0 Å². The lowest BCUT2D eigenvalue weighted by Crippen LogP contribution is -2.17. The molecule has 108 valence electrons. The topological polar surface area (TPSA) is 51.0 Å². The van der Waals surface area contributed by atoms with Crippen molar-refractivity contribution >= 4 is 0 Å². The predicted molar refractivity (Wildman–Crippen MR) is 79.6 cm³/mol. The van der Waals surface area contributed by atoms with Crippen LogP contribution in [0, 0.1) is 0 Å². The lowest BCUT2D eigenvalue weighted by Gasteiger charge is -1.99. The summed E-state index contributed by atoms with van der Waals surface area (Å²) in [7, 11) is 0. The third-order valence-electron chi connectivity index (χ3n) is 3.15. The molecule has 2 rings (SSSR count). The van der Waals surface area contributed by atoms with E-state index < -0.39 is 0 Å². The van der Waals surface area contributed by atoms with Crippen LogP contribution in [-0.2, 0) is 19.3 Å². The molecule has 0 unspecified atom stereocenters. The number of rotatable bonds is 9. The number of benzene rings is 1. The molecule has 0 aliphatic heterocycles. The van der Waals surface area contributed by atoms with Gasteiger partial charge in [0.15, 0.2) is 0 Å². The van der Waals surface area contributed by atoms with Crippen LogP contribution in [0.5, 0.6) is 0 Å². The van der Waals surface area contributed by atoms with Crippen molar-refractivity contribution in [2.24, 2.45) is 0 Å². The zero-order valence-electron chi connectivity index (χ0n) is 12.1. The first-order valence-corrected chi connectivity index (χ1v) is 7.44. The fourth-order valence-corrected chi connectivity index (χ4v) is 2.08. The summed E-state index contributed by atoms with van der Waals surface area (Å²) in [5, 5.41) is 11.5. The van der Waals surface area contributed by atoms with Crippen molar-refractivity contribution in [3.63, 3.8) is 0 Å². The molecule has 0 bridgehead atoms. The molecule has 0 saturated heterocycles. The maximum Gasteiger partial charge on any atom is 0.217 e. The highest BCUT2D eigenvalue weighted by atomic mass is 16.4. The second kappa shape index (κ2) is 8.48. The maximum absolute atomic E-state index is 5.64. The van der Waals surface area contributed by atoms with E-state index in [9.17, 15) is 0 Å². The zero-order chi connectivity index (χ0) is 14.0. The fourth-order valence-electron chi connectivity index (χ4n) is 2.08. The number of aryl methyl sites for hydroxylation is 2. The van der Waals surface area contributed by atoms with Gasteiger partial charge in [-0.25, -0.2) is 0 Å². The third kappa shape index (κ3) is 5.13. The summed E-state index contributed by atoms with van der Waals surface area (Å²) >= 11 is 0. The summed E-state index contributed by atoms with van der Waals surface area (Å²) in [5.41, 5.74) is 1.36. The van der Waals surface area contributed by atoms with Gasteiger partial charge in [-0.3, -0.25) is 0 Å². The summed E-state index contributed by atoms with van der Waals surface area (Å²) in [4.78, 5) is 0. The van der Waals surface area contributed by atoms with Crippen molar-refractivity contribution in [1.29, 1.82) is 0 Å². The third-order valence-corrected chi connectivity index (χ3v) is 3.15. The molecule has 1 N–H and O–H groups in total. The van der Waals surface area contributed by atoms with Crippen LogP contribution in [0.15, 0.2) is 34.7 Å². The SMILES string of the molecule is CCCNCCc1nnc(CCCc2ccccc2)o1. The first-order valence-electron chi connectivity index (χ1n) is 7.44. The van der Waals surface area contributed by atoms with E-state index in [4.69, 9.17) is 4.42 Å². The lowest BCUT2D eigenvalue weighted by molar-refractivity contribution is 0.439. The molecule has 4 nitrogen and oxygen atoms in total. The molecule has 0 spiro atoms. The summed E-state index contributed by atoms with van der Waals surface area (Å²) in [6.45, 7) is 4.10. The molecule has 0 amide bonds. The monoisotopic (exact) mass is 273 g/mol. The number of hydrogen-bond donors (Lipinski definition) is 1. The molecule has 4 heteroatoms. The van der Waals surface area contributed by atoms with Crippen LogP contribution >= 0.6 is 0 Å². The Labute approximate surface area is 120 Å². The second-order valence-electron chi connectivity index (χ2n) is 4.93. The molecule has 1 heterocycles. The van der Waals surface area contributed by atoms with Crippen molar-refractivity contribution in [2.75, 3.05) is 13.1 Å². The van der Waals surface area contributed by atoms with Crippen molar-refractivity contribution in [1.82, 2.24) is 15.5 Å². The van der Waals surface area contributed by atoms with E-state index in [-0.39, 0.29) is 0 Å². The van der Waals surface area contributed by atoms with E-state index in [1.165, 1.54) is 5.56 Å². The predicted octanol–water partition coefficient (Wildman–Crippen LogP) is 2.79. The van der Waals surface area contributed by atoms with E-state index in [0.717, 1.165) is 57.0 Å². The minimum Gasteiger partial charge on any atom is -0.425 e. The Hall–Kier alpha value is -1.68. The molecule has 0 atom stereocenters. The first kappa shape index (κ1) is 14.7. The van der Waals surface area contributed by atoms with Crippen molar-refractivity contribution in [2.45, 2.75) is 39.0 Å². The Balaban J connectivity index is 1.67. The van der Waals surface area contributed by atoms with E-state index >= 15 is 0 Å². The summed E-state index contributed by atoms with van der Waals surface area (Å²) in [6.07, 6.45) is 4.90. The van der Waals surface area contributed by atoms with E-state index in [1.54, 1.807) is 0 Å². The number of aromatic nitrogens is 2. The molecule has 2 aromatic rings. The fraction of sp³-hybridized carbons (Fsp3) is 0.500. The van der Waals surface area contributed by atoms with Gasteiger partial charge in [0.1, 0.15) is 0 Å². The number of hydrogen-bond acceptors (Lipinski definition) is 4. The van der Waals surface area contributed by atoms with Gasteiger partial charge in [0, 0.05) is 19.4 Å². The highest BCUT2D eigenvalue weighted by Gasteiger charge is 2.05. The minimum atomic E-state index is 0.739. The molecule has 1 aromatic carbocycles. The van der Waals surface area contributed by atoms with Crippen LogP contribution in [0.4, 0.5) is 0 Å². The minimum absolute atomic E-state index is 0.739. The van der Waals surface area contributed by atoms with E-state index in [2.05, 4.69) is 46.7 Å². The van der Waals surface area contributed by atoms with Crippen LogP contribution in [0.2, 0.25) is 0 Å². The van der Waals surface area contributed by atoms with Crippen molar-refractivity contribution in [3.05, 3.63) is 47.7 Å². The van der Waals surface area contributed by atoms with Gasteiger partial charge < -0.3 is 9.73 Å². The van der Waals surface area contributed by atoms with Crippen molar-refractivity contribution in [3.8, 4) is 0 Å². The summed E-state index contributed by atoms with van der Waals surface area (Å²) in [6, 6.07) is 10.5. The Morgan fingerprint density at radius 1 is 0.950 bits per heavy atom. The lowest BCUT2D eigenvalue weighted by atomic mass is 10.1. The molecule has 1 aromatic heterocycles. The van der Waals surface area contributed by atoms with Gasteiger partial charge in [0.05, 0.1) is 0 Å². The first-order chi connectivity index (χ1) is 9.88. The summed E-state index contributed by atoms with van der Waals surface area (Å²) in [5.74, 6) is 1.50. The molecular formula is C16H23N3O. The van der Waals surface area contributed by atoms with Crippen LogP contribution < -0.4 is 5.32 Å². The van der Waals surface area contributed by atoms with Gasteiger partial charge in [0.2, 0.25) is 11.8 Å². The standard InChI is InChI=1S/C16H23N3O/c1-2-12-17-13-11-16-19-18-15(20-16)10-6-9-14-7-4-3-5-8-14/h3-5,7-8,17H,2,6,9-13H2,1H3. The molecule has 0 aliphatic carbocycles. The van der Waals surface area contributed by atoms with Gasteiger partial charge in [-0.1, -0.05) is 37.3 Å². The highest BCUT2D eigenvalue weighted by Crippen LogP contribution is 2.07. The Kier molecular flexibility index (Phi) is 6.24. The summed E-state index contributed by atoms with van der Waals surface area (Å²) < 4.78 is 5.64. The molecule has 0 radical (unpaired) electrons. The Bertz CT molecular complexity index is 481. The zero-order valence-corrected chi connectivity index (χ0v) is 12.1. The molecule has 0 aliphatic rings. The van der Waals surface area contributed by atoms with Gasteiger partial charge in [0.25, 0.3) is 0 Å². The highest BCUT2D eigenvalue weighted by molar-refractivity contribution is 5.14. The Morgan fingerprint density at radius 2 is 1.70 bits per heavy atom. The van der Waals surface area contributed by atoms with Gasteiger partial charge in [-0.2, -0.15) is 0 Å². The average molecular weight is 273 g/mol. The van der Waals surface area contributed by atoms with Gasteiger partial charge >= 0.3 is 0 Å². The van der Waals surface area contributed by atoms with Crippen LogP contribution in [0.3, 0.4) is 0 Å². The number of nitrogens with one attached hydrogen (secondary N) is 1. The average Bonchev–Trinajstić information content (AvgIpc) is 2.93. The molecular weight excluding hydrogens is 250 g/mol. The maximum atomic E-state index is 5.64. The van der Waals surface area contributed by atoms with Crippen molar-refractivity contribution < 1.29 is 4.42 Å². The largest absolute Gasteiger partial charge is 0.425 e. The molecule has 20 heavy (non-hydrogen) atoms. The van der Waals surface area contributed by atoms with Crippen LogP contribution in [-0.4, -0.2) is 23.3 Å². The smallest absolute Gasteiger partial charge is 0.217 e. The van der Waals surface area contributed by atoms with Gasteiger partial charge in [-0.15, -0.1) is 10.2 Å². The normalized spacial score (nSPS) is 10.8.